The van der Waals surface area contributed by atoms with Crippen molar-refractivity contribution in [3.05, 3.63) is 24.3 Å². The summed E-state index contributed by atoms with van der Waals surface area (Å²) in [6, 6.07) is 8.72. The Morgan fingerprint density at radius 1 is 1.24 bits per heavy atom. The molecule has 1 saturated carbocycles. The van der Waals surface area contributed by atoms with Crippen molar-refractivity contribution in [1.29, 1.82) is 0 Å². The van der Waals surface area contributed by atoms with Gasteiger partial charge in [0, 0.05) is 24.5 Å². The molecule has 3 rings (SSSR count). The van der Waals surface area contributed by atoms with Crippen molar-refractivity contribution < 1.29 is 9.53 Å². The van der Waals surface area contributed by atoms with E-state index in [9.17, 15) is 4.79 Å². The number of nitrogens with one attached hydrogen (secondary N) is 1. The first kappa shape index (κ1) is 18.2. The van der Waals surface area contributed by atoms with Crippen LogP contribution in [0.25, 0.3) is 0 Å². The Balaban J connectivity index is 1.49. The largest absolute Gasteiger partial charge is 0.372 e. The Labute approximate surface area is 151 Å². The fraction of sp³-hybridized carbons (Fsp3) is 0.650. The van der Waals surface area contributed by atoms with Crippen LogP contribution in [0.5, 0.6) is 0 Å². The van der Waals surface area contributed by atoms with Crippen LogP contribution in [0.3, 0.4) is 0 Å². The van der Waals surface area contributed by atoms with Crippen LogP contribution in [0.1, 0.15) is 32.6 Å². The monoisotopic (exact) mass is 345 g/mol. The number of hydrogen-bond acceptors (Lipinski definition) is 4. The van der Waals surface area contributed by atoms with E-state index in [4.69, 9.17) is 4.74 Å². The lowest BCUT2D eigenvalue weighted by atomic mass is 10.0. The molecule has 1 aliphatic carbocycles. The molecule has 2 aliphatic rings. The third-order valence-electron chi connectivity index (χ3n) is 5.43. The number of rotatable bonds is 7. The second-order valence-electron chi connectivity index (χ2n) is 7.60. The first-order valence-electron chi connectivity index (χ1n) is 9.47. The lowest BCUT2D eigenvalue weighted by Crippen LogP contribution is -2.41. The molecule has 0 radical (unpaired) electrons. The zero-order valence-electron chi connectivity index (χ0n) is 15.7. The van der Waals surface area contributed by atoms with E-state index in [1.165, 1.54) is 31.4 Å². The van der Waals surface area contributed by atoms with E-state index >= 15 is 0 Å². The molecule has 25 heavy (non-hydrogen) atoms. The van der Waals surface area contributed by atoms with Gasteiger partial charge in [-0.25, -0.2) is 0 Å². The third-order valence-corrected chi connectivity index (χ3v) is 5.43. The highest BCUT2D eigenvalue weighted by atomic mass is 16.5. The minimum absolute atomic E-state index is 0.0722. The molecule has 0 aromatic heterocycles. The number of benzene rings is 1. The second-order valence-corrected chi connectivity index (χ2v) is 7.60. The number of anilines is 2. The molecule has 1 unspecified atom stereocenters. The number of ether oxygens (including phenoxy) is 1. The zero-order valence-corrected chi connectivity index (χ0v) is 15.7. The van der Waals surface area contributed by atoms with Gasteiger partial charge in [0.1, 0.15) is 6.10 Å². The normalized spacial score (nSPS) is 20.3. The number of carbonyl (C=O) groups excluding carboxylic acids is 1. The van der Waals surface area contributed by atoms with Gasteiger partial charge in [-0.1, -0.05) is 0 Å². The number of likely N-dealkylation sites (tertiary alicyclic amines) is 1. The molecule has 1 aromatic rings. The van der Waals surface area contributed by atoms with E-state index in [2.05, 4.69) is 41.3 Å². The van der Waals surface area contributed by atoms with Crippen LogP contribution in [-0.4, -0.2) is 56.7 Å². The summed E-state index contributed by atoms with van der Waals surface area (Å²) in [5.74, 6) is 0.599. The number of piperidine rings is 1. The van der Waals surface area contributed by atoms with Crippen LogP contribution in [0.4, 0.5) is 11.4 Å². The van der Waals surface area contributed by atoms with Gasteiger partial charge in [-0.15, -0.1) is 0 Å². The van der Waals surface area contributed by atoms with Crippen molar-refractivity contribution in [3.63, 3.8) is 0 Å². The van der Waals surface area contributed by atoms with Crippen molar-refractivity contribution in [2.45, 2.75) is 44.8 Å². The molecule has 1 atom stereocenters. The number of nitrogens with zero attached hydrogens (tertiary/aromatic N) is 2. The zero-order chi connectivity index (χ0) is 17.8. The standard InChI is InChI=1S/C20H31N3O2/c1-15(25-14-16-4-5-16)20(24)21-17-6-8-18(9-7-17)23(3)19-10-12-22(2)13-11-19/h6-9,15-16,19H,4-5,10-14H2,1-3H3,(H,21,24). The molecule has 5 heteroatoms. The first-order valence-corrected chi connectivity index (χ1v) is 9.47. The molecule has 1 saturated heterocycles. The summed E-state index contributed by atoms with van der Waals surface area (Å²) in [7, 11) is 4.35. The molecular weight excluding hydrogens is 314 g/mol. The molecule has 1 amide bonds. The van der Waals surface area contributed by atoms with Crippen LogP contribution >= 0.6 is 0 Å². The molecule has 2 fully saturated rings. The van der Waals surface area contributed by atoms with Crippen molar-refractivity contribution in [2.24, 2.45) is 5.92 Å². The predicted octanol–water partition coefficient (Wildman–Crippen LogP) is 2.97. The molecule has 0 bridgehead atoms. The summed E-state index contributed by atoms with van der Waals surface area (Å²) in [5, 5.41) is 2.95. The Kier molecular flexibility index (Phi) is 5.97. The van der Waals surface area contributed by atoms with E-state index < -0.39 is 6.10 Å². The second kappa shape index (κ2) is 8.19. The van der Waals surface area contributed by atoms with Gasteiger partial charge in [-0.05, 0) is 82.9 Å². The molecule has 0 spiro atoms. The highest BCUT2D eigenvalue weighted by Gasteiger charge is 2.24. The van der Waals surface area contributed by atoms with Gasteiger partial charge in [-0.3, -0.25) is 4.79 Å². The number of hydrogen-bond donors (Lipinski definition) is 1. The molecule has 1 heterocycles. The average molecular weight is 345 g/mol. The topological polar surface area (TPSA) is 44.8 Å². The van der Waals surface area contributed by atoms with E-state index in [0.29, 0.717) is 18.6 Å². The van der Waals surface area contributed by atoms with Crippen LogP contribution in [0.2, 0.25) is 0 Å². The van der Waals surface area contributed by atoms with Crippen molar-refractivity contribution in [2.75, 3.05) is 44.0 Å². The summed E-state index contributed by atoms with van der Waals surface area (Å²) in [5.41, 5.74) is 2.03. The van der Waals surface area contributed by atoms with Gasteiger partial charge in [-0.2, -0.15) is 0 Å². The first-order chi connectivity index (χ1) is 12.0. The lowest BCUT2D eigenvalue weighted by molar-refractivity contribution is -0.126. The third kappa shape index (κ3) is 5.19. The Hall–Kier alpha value is -1.59. The number of amides is 1. The van der Waals surface area contributed by atoms with Crippen LogP contribution < -0.4 is 10.2 Å². The molecule has 1 N–H and O–H groups in total. The molecule has 138 valence electrons. The Morgan fingerprint density at radius 3 is 2.48 bits per heavy atom. The van der Waals surface area contributed by atoms with E-state index in [0.717, 1.165) is 18.8 Å². The highest BCUT2D eigenvalue weighted by molar-refractivity contribution is 5.94. The summed E-state index contributed by atoms with van der Waals surface area (Å²) in [4.78, 5) is 16.9. The SMILES string of the molecule is CC(OCC1CC1)C(=O)Nc1ccc(N(C)C2CCN(C)CC2)cc1. The summed E-state index contributed by atoms with van der Waals surface area (Å²) in [6.45, 7) is 4.83. The average Bonchev–Trinajstić information content (AvgIpc) is 3.45. The van der Waals surface area contributed by atoms with Crippen LogP contribution in [-0.2, 0) is 9.53 Å². The maximum Gasteiger partial charge on any atom is 0.253 e. The number of carbonyl (C=O) groups is 1. The van der Waals surface area contributed by atoms with Gasteiger partial charge < -0.3 is 19.9 Å². The van der Waals surface area contributed by atoms with E-state index in [-0.39, 0.29) is 5.91 Å². The van der Waals surface area contributed by atoms with Gasteiger partial charge in [0.05, 0.1) is 6.61 Å². The van der Waals surface area contributed by atoms with Gasteiger partial charge in [0.15, 0.2) is 0 Å². The highest BCUT2D eigenvalue weighted by Crippen LogP contribution is 2.29. The molecule has 5 nitrogen and oxygen atoms in total. The van der Waals surface area contributed by atoms with Gasteiger partial charge >= 0.3 is 0 Å². The Morgan fingerprint density at radius 2 is 1.88 bits per heavy atom. The fourth-order valence-electron chi connectivity index (χ4n) is 3.26. The summed E-state index contributed by atoms with van der Waals surface area (Å²) < 4.78 is 5.63. The van der Waals surface area contributed by atoms with Crippen LogP contribution in [0, 0.1) is 5.92 Å². The van der Waals surface area contributed by atoms with Crippen LogP contribution in [0.15, 0.2) is 24.3 Å². The molecule has 1 aliphatic heterocycles. The predicted molar refractivity (Wildman–Crippen MR) is 102 cm³/mol. The maximum atomic E-state index is 12.2. The van der Waals surface area contributed by atoms with Crippen molar-refractivity contribution in [3.8, 4) is 0 Å². The summed E-state index contributed by atoms with van der Waals surface area (Å²) in [6.07, 6.45) is 4.46. The van der Waals surface area contributed by atoms with E-state index in [1.807, 2.05) is 19.1 Å². The minimum atomic E-state index is -0.401. The smallest absolute Gasteiger partial charge is 0.253 e. The van der Waals surface area contributed by atoms with E-state index in [1.54, 1.807) is 0 Å². The maximum absolute atomic E-state index is 12.2. The fourth-order valence-corrected chi connectivity index (χ4v) is 3.26. The quantitative estimate of drug-likeness (QED) is 0.825. The van der Waals surface area contributed by atoms with Crippen molar-refractivity contribution >= 4 is 17.3 Å². The molecular formula is C20H31N3O2. The summed E-state index contributed by atoms with van der Waals surface area (Å²) >= 11 is 0. The lowest BCUT2D eigenvalue weighted by Gasteiger charge is -2.36. The Bertz CT molecular complexity index is 563. The van der Waals surface area contributed by atoms with Gasteiger partial charge in [0.25, 0.3) is 5.91 Å². The van der Waals surface area contributed by atoms with Gasteiger partial charge in [0.2, 0.25) is 0 Å². The molecule has 1 aromatic carbocycles. The van der Waals surface area contributed by atoms with Crippen molar-refractivity contribution in [1.82, 2.24) is 4.90 Å². The minimum Gasteiger partial charge on any atom is -0.372 e.